The van der Waals surface area contributed by atoms with E-state index < -0.39 is 0 Å². The zero-order valence-corrected chi connectivity index (χ0v) is 12.1. The summed E-state index contributed by atoms with van der Waals surface area (Å²) in [4.78, 5) is 12.7. The van der Waals surface area contributed by atoms with Crippen LogP contribution in [0.4, 0.5) is 11.5 Å². The molecule has 0 unspecified atom stereocenters. The van der Waals surface area contributed by atoms with Crippen LogP contribution in [0.2, 0.25) is 0 Å². The number of aromatic nitrogens is 1. The van der Waals surface area contributed by atoms with Crippen LogP contribution in [0.1, 0.15) is 5.56 Å². The van der Waals surface area contributed by atoms with Crippen molar-refractivity contribution in [1.29, 1.82) is 5.26 Å². The normalized spacial score (nSPS) is 20.4. The molecule has 0 N–H and O–H groups in total. The maximum Gasteiger partial charge on any atom is 0.181 e. The summed E-state index contributed by atoms with van der Waals surface area (Å²) in [6, 6.07) is 2.36. The third kappa shape index (κ3) is 2.50. The van der Waals surface area contributed by atoms with E-state index in [9.17, 15) is 5.26 Å². The van der Waals surface area contributed by atoms with Crippen molar-refractivity contribution in [3.63, 3.8) is 0 Å². The van der Waals surface area contributed by atoms with Gasteiger partial charge >= 0.3 is 0 Å². The van der Waals surface area contributed by atoms with Gasteiger partial charge in [-0.3, -0.25) is 0 Å². The number of fused-ring (bicyclic) bond motifs is 3. The minimum atomic E-state index is 0.168. The average Bonchev–Trinajstić information content (AvgIpc) is 2.51. The molecule has 3 rings (SSSR count). The van der Waals surface area contributed by atoms with Crippen LogP contribution in [0.5, 0.6) is 5.75 Å². The second-order valence-electron chi connectivity index (χ2n) is 5.22. The number of rotatable bonds is 2. The Kier molecular flexibility index (Phi) is 3.62. The Bertz CT molecular complexity index is 608. The molecule has 0 aliphatic carbocycles. The topological polar surface area (TPSA) is 74.0 Å². The van der Waals surface area contributed by atoms with E-state index >= 15 is 0 Å². The van der Waals surface area contributed by atoms with Crippen molar-refractivity contribution in [3.05, 3.63) is 11.8 Å². The summed E-state index contributed by atoms with van der Waals surface area (Å²) < 4.78 is 11.2. The molecular weight excluding hydrogens is 270 g/mol. The van der Waals surface area contributed by atoms with Gasteiger partial charge in [0.2, 0.25) is 0 Å². The number of pyridine rings is 1. The van der Waals surface area contributed by atoms with Gasteiger partial charge in [-0.25, -0.2) is 9.98 Å². The summed E-state index contributed by atoms with van der Waals surface area (Å²) in [6.07, 6.45) is 3.27. The molecule has 1 aromatic heterocycles. The Labute approximate surface area is 123 Å². The molecule has 0 saturated carbocycles. The fraction of sp³-hybridized carbons (Fsp3) is 0.500. The maximum absolute atomic E-state index is 9.45. The first-order chi connectivity index (χ1) is 10.2. The Morgan fingerprint density at radius 3 is 3.14 bits per heavy atom. The standard InChI is InChI=1S/C14H17N5O2/c1-18(2)9-17-12-6-16-14-13(11(12)5-15)21-8-10-7-20-4-3-19(10)14/h6,9-10H,3-4,7-8H2,1-2H3/b17-9-/t10-/m1/s1. The van der Waals surface area contributed by atoms with Gasteiger partial charge in [-0.15, -0.1) is 0 Å². The van der Waals surface area contributed by atoms with Crippen LogP contribution in [0.15, 0.2) is 11.2 Å². The quantitative estimate of drug-likeness (QED) is 0.591. The van der Waals surface area contributed by atoms with E-state index in [-0.39, 0.29) is 6.04 Å². The third-order valence-electron chi connectivity index (χ3n) is 3.45. The Morgan fingerprint density at radius 1 is 1.52 bits per heavy atom. The fourth-order valence-corrected chi connectivity index (χ4v) is 2.45. The Morgan fingerprint density at radius 2 is 2.38 bits per heavy atom. The smallest absolute Gasteiger partial charge is 0.181 e. The van der Waals surface area contributed by atoms with Crippen molar-refractivity contribution in [1.82, 2.24) is 9.88 Å². The zero-order chi connectivity index (χ0) is 14.8. The van der Waals surface area contributed by atoms with E-state index in [2.05, 4.69) is 20.9 Å². The number of aliphatic imine (C=N–C) groups is 1. The second kappa shape index (κ2) is 5.58. The highest BCUT2D eigenvalue weighted by atomic mass is 16.5. The molecule has 2 aliphatic rings. The molecule has 110 valence electrons. The van der Waals surface area contributed by atoms with E-state index in [0.29, 0.717) is 36.8 Å². The van der Waals surface area contributed by atoms with Crippen LogP contribution in [-0.4, -0.2) is 62.7 Å². The number of hydrogen-bond acceptors (Lipinski definition) is 6. The Balaban J connectivity index is 2.01. The van der Waals surface area contributed by atoms with Gasteiger partial charge < -0.3 is 19.3 Å². The van der Waals surface area contributed by atoms with Crippen molar-refractivity contribution >= 4 is 17.8 Å². The van der Waals surface area contributed by atoms with Crippen molar-refractivity contribution in [2.45, 2.75) is 6.04 Å². The van der Waals surface area contributed by atoms with Gasteiger partial charge in [0.1, 0.15) is 23.9 Å². The zero-order valence-electron chi connectivity index (χ0n) is 12.1. The highest BCUT2D eigenvalue weighted by molar-refractivity contribution is 5.73. The number of ether oxygens (including phenoxy) is 2. The molecule has 1 aromatic rings. The molecule has 0 amide bonds. The lowest BCUT2D eigenvalue weighted by atomic mass is 10.1. The van der Waals surface area contributed by atoms with Crippen molar-refractivity contribution in [2.75, 3.05) is 45.4 Å². The first-order valence-electron chi connectivity index (χ1n) is 6.81. The molecule has 2 aliphatic heterocycles. The molecular formula is C14H17N5O2. The van der Waals surface area contributed by atoms with Gasteiger partial charge in [0.15, 0.2) is 11.6 Å². The highest BCUT2D eigenvalue weighted by Crippen LogP contribution is 2.39. The number of nitrogens with zero attached hydrogens (tertiary/aromatic N) is 5. The molecule has 1 atom stereocenters. The summed E-state index contributed by atoms with van der Waals surface area (Å²) in [5, 5.41) is 9.45. The summed E-state index contributed by atoms with van der Waals surface area (Å²) in [5.41, 5.74) is 0.958. The maximum atomic E-state index is 9.45. The SMILES string of the molecule is CN(C)/C=N\c1cnc2c(c1C#N)OC[C@H]1COCCN21. The molecule has 1 saturated heterocycles. The molecule has 0 aromatic carbocycles. The highest BCUT2D eigenvalue weighted by Gasteiger charge is 2.33. The van der Waals surface area contributed by atoms with E-state index in [4.69, 9.17) is 9.47 Å². The molecule has 0 bridgehead atoms. The fourth-order valence-electron chi connectivity index (χ4n) is 2.45. The molecule has 0 radical (unpaired) electrons. The van der Waals surface area contributed by atoms with Crippen molar-refractivity contribution < 1.29 is 9.47 Å². The van der Waals surface area contributed by atoms with Gasteiger partial charge in [0.05, 0.1) is 31.8 Å². The summed E-state index contributed by atoms with van der Waals surface area (Å²) in [6.45, 7) is 2.56. The predicted octanol–water partition coefficient (Wildman–Crippen LogP) is 0.772. The lowest BCUT2D eigenvalue weighted by molar-refractivity contribution is 0.0697. The van der Waals surface area contributed by atoms with E-state index in [1.54, 1.807) is 17.4 Å². The largest absolute Gasteiger partial charge is 0.486 e. The number of morpholine rings is 1. The molecule has 3 heterocycles. The average molecular weight is 287 g/mol. The van der Waals surface area contributed by atoms with Gasteiger partial charge in [-0.2, -0.15) is 5.26 Å². The van der Waals surface area contributed by atoms with Crippen LogP contribution < -0.4 is 9.64 Å². The number of nitriles is 1. The molecule has 7 nitrogen and oxygen atoms in total. The summed E-state index contributed by atoms with van der Waals surface area (Å²) >= 11 is 0. The summed E-state index contributed by atoms with van der Waals surface area (Å²) in [7, 11) is 3.74. The first kappa shape index (κ1) is 13.6. The van der Waals surface area contributed by atoms with Crippen LogP contribution in [-0.2, 0) is 4.74 Å². The van der Waals surface area contributed by atoms with E-state index in [0.717, 1.165) is 12.4 Å². The van der Waals surface area contributed by atoms with Gasteiger partial charge in [0, 0.05) is 20.6 Å². The molecule has 21 heavy (non-hydrogen) atoms. The Hall–Kier alpha value is -2.33. The molecule has 1 fully saturated rings. The third-order valence-corrected chi connectivity index (χ3v) is 3.45. The van der Waals surface area contributed by atoms with Crippen LogP contribution in [0.25, 0.3) is 0 Å². The number of anilines is 1. The van der Waals surface area contributed by atoms with Crippen LogP contribution >= 0.6 is 0 Å². The lowest BCUT2D eigenvalue weighted by Crippen LogP contribution is -2.51. The lowest BCUT2D eigenvalue weighted by Gasteiger charge is -2.40. The minimum Gasteiger partial charge on any atom is -0.486 e. The van der Waals surface area contributed by atoms with Crippen molar-refractivity contribution in [2.24, 2.45) is 4.99 Å². The van der Waals surface area contributed by atoms with Crippen molar-refractivity contribution in [3.8, 4) is 11.8 Å². The molecule has 0 spiro atoms. The van der Waals surface area contributed by atoms with Gasteiger partial charge in [-0.1, -0.05) is 0 Å². The summed E-state index contributed by atoms with van der Waals surface area (Å²) in [5.74, 6) is 1.25. The monoisotopic (exact) mass is 287 g/mol. The van der Waals surface area contributed by atoms with Crippen LogP contribution in [0, 0.1) is 11.3 Å². The first-order valence-corrected chi connectivity index (χ1v) is 6.81. The molecule has 7 heteroatoms. The van der Waals surface area contributed by atoms with Gasteiger partial charge in [-0.05, 0) is 0 Å². The minimum absolute atomic E-state index is 0.168. The van der Waals surface area contributed by atoms with E-state index in [1.165, 1.54) is 0 Å². The number of hydrogen-bond donors (Lipinski definition) is 0. The predicted molar refractivity (Wildman–Crippen MR) is 78.2 cm³/mol. The van der Waals surface area contributed by atoms with Crippen LogP contribution in [0.3, 0.4) is 0 Å². The second-order valence-corrected chi connectivity index (χ2v) is 5.22. The van der Waals surface area contributed by atoms with E-state index in [1.807, 2.05) is 14.1 Å². The van der Waals surface area contributed by atoms with Gasteiger partial charge in [0.25, 0.3) is 0 Å².